The van der Waals surface area contributed by atoms with E-state index in [0.29, 0.717) is 38.8 Å². The van der Waals surface area contributed by atoms with Crippen LogP contribution in [0, 0.1) is 6.92 Å². The number of nitrogens with zero attached hydrogens (tertiary/aromatic N) is 3. The summed E-state index contributed by atoms with van der Waals surface area (Å²) in [5.41, 5.74) is 4.03. The first kappa shape index (κ1) is 22.5. The number of carbonyl (C=O) groups is 1. The number of hydrogen-bond donors (Lipinski definition) is 2. The van der Waals surface area contributed by atoms with Crippen LogP contribution in [0.2, 0.25) is 5.02 Å². The summed E-state index contributed by atoms with van der Waals surface area (Å²) >= 11 is 11.7. The van der Waals surface area contributed by atoms with Gasteiger partial charge in [0.2, 0.25) is 0 Å². The van der Waals surface area contributed by atoms with Crippen LogP contribution in [0.4, 0.5) is 5.69 Å². The Labute approximate surface area is 200 Å². The summed E-state index contributed by atoms with van der Waals surface area (Å²) in [6, 6.07) is 16.1. The molecule has 4 aromatic rings. The number of anilines is 1. The second-order valence-electron chi connectivity index (χ2n) is 7.12. The van der Waals surface area contributed by atoms with Gasteiger partial charge in [-0.25, -0.2) is 0 Å². The maximum Gasteiger partial charge on any atom is 0.261 e. The SMILES string of the molecule is COc1ccc(C(=O)NC(=S)Nc2cc3nn(-c4ccc(C)cc4)nc3cc2Cl)c(OC)c1. The second-order valence-corrected chi connectivity index (χ2v) is 7.94. The first-order valence-electron chi connectivity index (χ1n) is 9.86. The molecule has 1 amide bonds. The van der Waals surface area contributed by atoms with Crippen molar-refractivity contribution in [3.8, 4) is 17.2 Å². The van der Waals surface area contributed by atoms with Crippen LogP contribution >= 0.6 is 23.8 Å². The van der Waals surface area contributed by atoms with Gasteiger partial charge in [0.15, 0.2) is 5.11 Å². The lowest BCUT2D eigenvalue weighted by atomic mass is 10.2. The average Bonchev–Trinajstić information content (AvgIpc) is 3.21. The maximum atomic E-state index is 12.7. The van der Waals surface area contributed by atoms with Gasteiger partial charge < -0.3 is 14.8 Å². The minimum absolute atomic E-state index is 0.0741. The molecule has 10 heteroatoms. The fourth-order valence-electron chi connectivity index (χ4n) is 3.14. The van der Waals surface area contributed by atoms with E-state index in [4.69, 9.17) is 33.3 Å². The van der Waals surface area contributed by atoms with Crippen LogP contribution in [0.15, 0.2) is 54.6 Å². The lowest BCUT2D eigenvalue weighted by Gasteiger charge is -2.13. The lowest BCUT2D eigenvalue weighted by molar-refractivity contribution is 0.0974. The maximum absolute atomic E-state index is 12.7. The van der Waals surface area contributed by atoms with E-state index in [0.717, 1.165) is 11.3 Å². The molecule has 0 aliphatic heterocycles. The van der Waals surface area contributed by atoms with Crippen LogP contribution in [0.25, 0.3) is 16.7 Å². The van der Waals surface area contributed by atoms with Gasteiger partial charge >= 0.3 is 0 Å². The van der Waals surface area contributed by atoms with Gasteiger partial charge in [-0.1, -0.05) is 29.3 Å². The molecule has 0 spiro atoms. The third-order valence-electron chi connectivity index (χ3n) is 4.86. The molecule has 0 saturated carbocycles. The summed E-state index contributed by atoms with van der Waals surface area (Å²) in [6.45, 7) is 2.01. The molecule has 0 saturated heterocycles. The van der Waals surface area contributed by atoms with Gasteiger partial charge in [0.25, 0.3) is 5.91 Å². The molecule has 33 heavy (non-hydrogen) atoms. The number of ether oxygens (including phenoxy) is 2. The minimum Gasteiger partial charge on any atom is -0.497 e. The molecular formula is C23H20ClN5O3S. The van der Waals surface area contributed by atoms with Crippen LogP contribution in [0.3, 0.4) is 0 Å². The molecule has 8 nitrogen and oxygen atoms in total. The standard InChI is InChI=1S/C23H20ClN5O3S/c1-13-4-6-14(7-5-13)29-27-19-11-17(24)18(12-20(19)28-29)25-23(33)26-22(30)16-9-8-15(31-2)10-21(16)32-3/h4-12H,1-3H3,(H2,25,26,30,33). The van der Waals surface area contributed by atoms with Gasteiger partial charge in [-0.05, 0) is 55.5 Å². The number of thiocarbonyl (C=S) groups is 1. The van der Waals surface area contributed by atoms with Crippen molar-refractivity contribution >= 4 is 51.6 Å². The van der Waals surface area contributed by atoms with Crippen molar-refractivity contribution in [2.24, 2.45) is 0 Å². The van der Waals surface area contributed by atoms with Crippen LogP contribution in [0.5, 0.6) is 11.5 Å². The fraction of sp³-hybridized carbons (Fsp3) is 0.130. The summed E-state index contributed by atoms with van der Waals surface area (Å²) in [5.74, 6) is 0.499. The Morgan fingerprint density at radius 1 is 1.00 bits per heavy atom. The number of hydrogen-bond acceptors (Lipinski definition) is 6. The van der Waals surface area contributed by atoms with Crippen molar-refractivity contribution in [2.75, 3.05) is 19.5 Å². The Balaban J connectivity index is 1.52. The van der Waals surface area contributed by atoms with Gasteiger partial charge in [0, 0.05) is 6.07 Å². The Morgan fingerprint density at radius 2 is 1.70 bits per heavy atom. The zero-order valence-electron chi connectivity index (χ0n) is 18.0. The molecular weight excluding hydrogens is 462 g/mol. The number of amides is 1. The van der Waals surface area contributed by atoms with Crippen LogP contribution in [0.1, 0.15) is 15.9 Å². The van der Waals surface area contributed by atoms with E-state index in [1.54, 1.807) is 35.1 Å². The second kappa shape index (κ2) is 9.43. The van der Waals surface area contributed by atoms with Gasteiger partial charge in [0.1, 0.15) is 22.5 Å². The Bertz CT molecular complexity index is 1350. The first-order valence-corrected chi connectivity index (χ1v) is 10.6. The number of halogens is 1. The van der Waals surface area contributed by atoms with Gasteiger partial charge in [0.05, 0.1) is 36.2 Å². The number of carbonyl (C=O) groups excluding carboxylic acids is 1. The van der Waals surface area contributed by atoms with Crippen LogP contribution < -0.4 is 20.1 Å². The Kier molecular flexibility index (Phi) is 6.43. The Morgan fingerprint density at radius 3 is 2.36 bits per heavy atom. The van der Waals surface area contributed by atoms with E-state index in [1.807, 2.05) is 31.2 Å². The van der Waals surface area contributed by atoms with Gasteiger partial charge in [-0.3, -0.25) is 10.1 Å². The third kappa shape index (κ3) is 4.89. The highest BCUT2D eigenvalue weighted by Gasteiger charge is 2.16. The summed E-state index contributed by atoms with van der Waals surface area (Å²) in [6.07, 6.45) is 0. The number of nitrogens with one attached hydrogen (secondary N) is 2. The largest absolute Gasteiger partial charge is 0.497 e. The highest BCUT2D eigenvalue weighted by atomic mass is 35.5. The summed E-state index contributed by atoms with van der Waals surface area (Å²) < 4.78 is 10.4. The van der Waals surface area contributed by atoms with Gasteiger partial charge in [-0.2, -0.15) is 4.80 Å². The third-order valence-corrected chi connectivity index (χ3v) is 5.38. The number of methoxy groups -OCH3 is 2. The van der Waals surface area contributed by atoms with Gasteiger partial charge in [-0.15, -0.1) is 10.2 Å². The van der Waals surface area contributed by atoms with E-state index in [1.165, 1.54) is 14.2 Å². The molecule has 0 radical (unpaired) electrons. The highest BCUT2D eigenvalue weighted by molar-refractivity contribution is 7.80. The predicted octanol–water partition coefficient (Wildman–Crippen LogP) is 4.53. The van der Waals surface area contributed by atoms with Crippen molar-refractivity contribution in [3.63, 3.8) is 0 Å². The lowest BCUT2D eigenvalue weighted by Crippen LogP contribution is -2.34. The zero-order chi connectivity index (χ0) is 23.5. The number of rotatable bonds is 5. The van der Waals surface area contributed by atoms with Crippen LogP contribution in [-0.4, -0.2) is 40.2 Å². The molecule has 1 aromatic heterocycles. The fourth-order valence-corrected chi connectivity index (χ4v) is 3.55. The smallest absolute Gasteiger partial charge is 0.261 e. The summed E-state index contributed by atoms with van der Waals surface area (Å²) in [7, 11) is 3.01. The molecule has 0 aliphatic rings. The molecule has 2 N–H and O–H groups in total. The van der Waals surface area contributed by atoms with Crippen molar-refractivity contribution in [3.05, 3.63) is 70.7 Å². The number of fused-ring (bicyclic) bond motifs is 1. The summed E-state index contributed by atoms with van der Waals surface area (Å²) in [5, 5.41) is 15.0. The molecule has 0 aliphatic carbocycles. The van der Waals surface area contributed by atoms with Crippen molar-refractivity contribution in [2.45, 2.75) is 6.92 Å². The summed E-state index contributed by atoms with van der Waals surface area (Å²) in [4.78, 5) is 14.2. The average molecular weight is 482 g/mol. The predicted molar refractivity (Wildman–Crippen MR) is 132 cm³/mol. The quantitative estimate of drug-likeness (QED) is 0.405. The van der Waals surface area contributed by atoms with Crippen molar-refractivity contribution < 1.29 is 14.3 Å². The molecule has 3 aromatic carbocycles. The van der Waals surface area contributed by atoms with E-state index >= 15 is 0 Å². The molecule has 0 fully saturated rings. The molecule has 0 atom stereocenters. The molecule has 4 rings (SSSR count). The highest BCUT2D eigenvalue weighted by Crippen LogP contribution is 2.27. The number of aromatic nitrogens is 3. The van der Waals surface area contributed by atoms with E-state index in [-0.39, 0.29) is 5.11 Å². The number of aryl methyl sites for hydroxylation is 1. The molecule has 0 unspecified atom stereocenters. The monoisotopic (exact) mass is 481 g/mol. The van der Waals surface area contributed by atoms with Crippen LogP contribution in [-0.2, 0) is 0 Å². The van der Waals surface area contributed by atoms with E-state index < -0.39 is 5.91 Å². The van der Waals surface area contributed by atoms with E-state index in [2.05, 4.69) is 20.8 Å². The topological polar surface area (TPSA) is 90.3 Å². The number of benzene rings is 3. The molecule has 1 heterocycles. The first-order chi connectivity index (χ1) is 15.9. The molecule has 0 bridgehead atoms. The zero-order valence-corrected chi connectivity index (χ0v) is 19.6. The Hall–Kier alpha value is -3.69. The van der Waals surface area contributed by atoms with Crippen molar-refractivity contribution in [1.82, 2.24) is 20.3 Å². The molecule has 168 valence electrons. The normalized spacial score (nSPS) is 10.7. The van der Waals surface area contributed by atoms with Crippen molar-refractivity contribution in [1.29, 1.82) is 0 Å². The minimum atomic E-state index is -0.436. The van der Waals surface area contributed by atoms with E-state index in [9.17, 15) is 4.79 Å².